The van der Waals surface area contributed by atoms with E-state index in [2.05, 4.69) is 72.9 Å². The maximum atomic E-state index is 11.4. The summed E-state index contributed by atoms with van der Waals surface area (Å²) in [5, 5.41) is 9.21. The summed E-state index contributed by atoms with van der Waals surface area (Å²) >= 11 is 3.57. The molecule has 2 aromatic rings. The topological polar surface area (TPSA) is 40.5 Å². The van der Waals surface area contributed by atoms with E-state index in [0.29, 0.717) is 12.0 Å². The van der Waals surface area contributed by atoms with Gasteiger partial charge in [0.1, 0.15) is 6.29 Å². The fourth-order valence-electron chi connectivity index (χ4n) is 2.92. The Bertz CT molecular complexity index is 827. The molecule has 0 saturated carbocycles. The zero-order valence-corrected chi connectivity index (χ0v) is 17.4. The van der Waals surface area contributed by atoms with Gasteiger partial charge in [-0.25, -0.2) is 0 Å². The highest BCUT2D eigenvalue weighted by molar-refractivity contribution is 9.15. The van der Waals surface area contributed by atoms with E-state index in [4.69, 9.17) is 0 Å². The second-order valence-electron chi connectivity index (χ2n) is 6.73. The number of halogens is 1. The average Bonchev–Trinajstić information content (AvgIpc) is 2.62. The number of aryl methyl sites for hydroxylation is 3. The van der Waals surface area contributed by atoms with Crippen LogP contribution in [0.1, 0.15) is 34.2 Å². The Hall–Kier alpha value is -1.91. The van der Waals surface area contributed by atoms with Gasteiger partial charge >= 0.3 is 0 Å². The van der Waals surface area contributed by atoms with E-state index >= 15 is 0 Å². The van der Waals surface area contributed by atoms with Crippen LogP contribution in [0.2, 0.25) is 0 Å². The van der Waals surface area contributed by atoms with E-state index in [1.807, 2.05) is 12.1 Å². The predicted molar refractivity (Wildman–Crippen MR) is 113 cm³/mol. The molecule has 0 amide bonds. The number of hydrogen-bond donors (Lipinski definition) is 1. The van der Waals surface area contributed by atoms with Gasteiger partial charge in [-0.1, -0.05) is 30.3 Å². The molecule has 0 unspecified atom stereocenters. The van der Waals surface area contributed by atoms with Crippen LogP contribution in [0.15, 0.2) is 42.0 Å². The maximum Gasteiger partial charge on any atom is 0.147 e. The van der Waals surface area contributed by atoms with Crippen molar-refractivity contribution in [2.75, 3.05) is 18.6 Å². The summed E-state index contributed by atoms with van der Waals surface area (Å²) in [4.78, 5) is 13.6. The molecular formula is C22H26BrNO2. The van der Waals surface area contributed by atoms with E-state index in [1.54, 1.807) is 0 Å². The molecule has 1 N–H and O–H groups in total. The summed E-state index contributed by atoms with van der Waals surface area (Å²) in [7, 11) is 2.06. The van der Waals surface area contributed by atoms with Crippen molar-refractivity contribution < 1.29 is 9.90 Å². The van der Waals surface area contributed by atoms with Crippen molar-refractivity contribution in [1.29, 1.82) is 0 Å². The number of rotatable bonds is 7. The lowest BCUT2D eigenvalue weighted by atomic mass is 10.0. The van der Waals surface area contributed by atoms with Crippen molar-refractivity contribution in [2.45, 2.75) is 33.7 Å². The number of nitrogens with zero attached hydrogens (tertiary/aromatic N) is 1. The number of aliphatic hydroxyl groups is 1. The van der Waals surface area contributed by atoms with Crippen molar-refractivity contribution in [3.8, 4) is 0 Å². The summed E-state index contributed by atoms with van der Waals surface area (Å²) in [5.41, 5.74) is 7.55. The smallest absolute Gasteiger partial charge is 0.147 e. The van der Waals surface area contributed by atoms with E-state index in [0.717, 1.165) is 34.1 Å². The fourth-order valence-corrected chi connectivity index (χ4v) is 3.54. The molecule has 2 aromatic carbocycles. The minimum absolute atomic E-state index is 0.0527. The Balaban J connectivity index is 2.42. The van der Waals surface area contributed by atoms with Crippen molar-refractivity contribution in [1.82, 2.24) is 0 Å². The molecule has 4 heteroatoms. The molecule has 0 aliphatic rings. The minimum atomic E-state index is -0.0527. The number of anilines is 1. The maximum absolute atomic E-state index is 11.4. The van der Waals surface area contributed by atoms with Crippen LogP contribution in [-0.2, 0) is 11.3 Å². The van der Waals surface area contributed by atoms with Gasteiger partial charge in [0, 0.05) is 41.5 Å². The Kier molecular flexibility index (Phi) is 7.18. The molecular weight excluding hydrogens is 390 g/mol. The Morgan fingerprint density at radius 3 is 2.46 bits per heavy atom. The third-order valence-electron chi connectivity index (χ3n) is 4.60. The second kappa shape index (κ2) is 9.15. The zero-order chi connectivity index (χ0) is 19.3. The summed E-state index contributed by atoms with van der Waals surface area (Å²) in [6.45, 7) is 7.02. The number of aliphatic hydroxyl groups excluding tert-OH is 1. The van der Waals surface area contributed by atoms with Gasteiger partial charge in [-0.2, -0.15) is 0 Å². The summed E-state index contributed by atoms with van der Waals surface area (Å²) in [6, 6.07) is 12.7. The predicted octanol–water partition coefficient (Wildman–Crippen LogP) is 4.94. The number of carbonyl (C=O) groups excluding carboxylic acids is 1. The number of benzene rings is 2. The molecule has 26 heavy (non-hydrogen) atoms. The van der Waals surface area contributed by atoms with Crippen molar-refractivity contribution in [2.24, 2.45) is 0 Å². The highest BCUT2D eigenvalue weighted by Crippen LogP contribution is 2.34. The van der Waals surface area contributed by atoms with Crippen LogP contribution in [0, 0.1) is 20.8 Å². The zero-order valence-electron chi connectivity index (χ0n) is 15.8. The monoisotopic (exact) mass is 415 g/mol. The van der Waals surface area contributed by atoms with Crippen molar-refractivity contribution in [3.63, 3.8) is 0 Å². The summed E-state index contributed by atoms with van der Waals surface area (Å²) in [5.74, 6) is 0. The van der Waals surface area contributed by atoms with Gasteiger partial charge in [-0.3, -0.25) is 4.79 Å². The fraction of sp³-hybridized carbons (Fsp3) is 0.318. The molecule has 138 valence electrons. The van der Waals surface area contributed by atoms with Crippen LogP contribution in [0.4, 0.5) is 5.69 Å². The first-order chi connectivity index (χ1) is 12.4. The van der Waals surface area contributed by atoms with E-state index in [9.17, 15) is 9.90 Å². The van der Waals surface area contributed by atoms with Gasteiger partial charge in [-0.15, -0.1) is 0 Å². The Labute approximate surface area is 164 Å². The van der Waals surface area contributed by atoms with Gasteiger partial charge in [0.15, 0.2) is 0 Å². The molecule has 0 heterocycles. The number of aldehydes is 1. The second-order valence-corrected chi connectivity index (χ2v) is 7.52. The van der Waals surface area contributed by atoms with Crippen LogP contribution in [0.5, 0.6) is 0 Å². The molecule has 2 rings (SSSR count). The minimum Gasteiger partial charge on any atom is -0.396 e. The van der Waals surface area contributed by atoms with Crippen LogP contribution >= 0.6 is 15.9 Å². The third kappa shape index (κ3) is 4.83. The Morgan fingerprint density at radius 2 is 1.85 bits per heavy atom. The lowest BCUT2D eigenvalue weighted by molar-refractivity contribution is -0.105. The molecule has 0 aliphatic heterocycles. The Morgan fingerprint density at radius 1 is 1.12 bits per heavy atom. The number of hydrogen-bond acceptors (Lipinski definition) is 3. The molecule has 0 saturated heterocycles. The molecule has 3 nitrogen and oxygen atoms in total. The average molecular weight is 416 g/mol. The molecule has 0 atom stereocenters. The quantitative estimate of drug-likeness (QED) is 0.514. The van der Waals surface area contributed by atoms with Crippen molar-refractivity contribution in [3.05, 3.63) is 69.8 Å². The normalized spacial score (nSPS) is 11.9. The van der Waals surface area contributed by atoms with Crippen molar-refractivity contribution >= 4 is 32.4 Å². The molecule has 0 spiro atoms. The molecule has 0 aromatic heterocycles. The molecule has 0 fully saturated rings. The lowest BCUT2D eigenvalue weighted by Gasteiger charge is -2.24. The van der Waals surface area contributed by atoms with Gasteiger partial charge in [0.05, 0.1) is 0 Å². The standard InChI is InChI=1S/C22H26BrNO2/c1-15-5-8-20(22(23)19(14-26)9-10-25)21(11-15)24(4)13-18-7-6-16(2)17(3)12-18/h5-8,11-12,14,25H,9-10,13H2,1-4H3/b22-19-. The summed E-state index contributed by atoms with van der Waals surface area (Å²) in [6.07, 6.45) is 1.14. The summed E-state index contributed by atoms with van der Waals surface area (Å²) < 4.78 is 0.739. The largest absolute Gasteiger partial charge is 0.396 e. The van der Waals surface area contributed by atoms with Crippen LogP contribution in [-0.4, -0.2) is 25.0 Å². The molecule has 0 bridgehead atoms. The van der Waals surface area contributed by atoms with Gasteiger partial charge in [-0.05, 0) is 71.4 Å². The van der Waals surface area contributed by atoms with Crippen LogP contribution in [0.25, 0.3) is 4.48 Å². The van der Waals surface area contributed by atoms with E-state index < -0.39 is 0 Å². The number of carbonyl (C=O) groups is 1. The van der Waals surface area contributed by atoms with Gasteiger partial charge < -0.3 is 10.0 Å². The SMILES string of the molecule is Cc1ccc(/C(Br)=C(/C=O)CCO)c(N(C)Cc2ccc(C)c(C)c2)c1. The first-order valence-corrected chi connectivity index (χ1v) is 9.49. The third-order valence-corrected chi connectivity index (χ3v) is 5.53. The van der Waals surface area contributed by atoms with Crippen LogP contribution in [0.3, 0.4) is 0 Å². The first-order valence-electron chi connectivity index (χ1n) is 8.70. The van der Waals surface area contributed by atoms with E-state index in [-0.39, 0.29) is 6.61 Å². The first kappa shape index (κ1) is 20.4. The van der Waals surface area contributed by atoms with Gasteiger partial charge in [0.2, 0.25) is 0 Å². The van der Waals surface area contributed by atoms with E-state index in [1.165, 1.54) is 16.7 Å². The lowest BCUT2D eigenvalue weighted by Crippen LogP contribution is -2.18. The molecule has 0 radical (unpaired) electrons. The molecule has 0 aliphatic carbocycles. The van der Waals surface area contributed by atoms with Crippen LogP contribution < -0.4 is 4.90 Å². The highest BCUT2D eigenvalue weighted by Gasteiger charge is 2.14. The van der Waals surface area contributed by atoms with Gasteiger partial charge in [0.25, 0.3) is 0 Å². The highest BCUT2D eigenvalue weighted by atomic mass is 79.9.